The van der Waals surface area contributed by atoms with Gasteiger partial charge in [0.25, 0.3) is 5.91 Å². The van der Waals surface area contributed by atoms with Gasteiger partial charge in [0, 0.05) is 55.1 Å². The van der Waals surface area contributed by atoms with Gasteiger partial charge in [-0.15, -0.1) is 0 Å². The number of rotatable bonds is 3. The van der Waals surface area contributed by atoms with E-state index >= 15 is 0 Å². The number of fused-ring (bicyclic) bond motifs is 1. The standard InChI is InChI=1S/C24H26N6O4/c1-14-6-9-25-21(26-14)15-7-10-29(11-8-15)24(34)27-17-2-3-18-16(12-17)13-30(23(18)33)19-4-5-20(31)28-22(19)32/h2-3,6,9,12,15,19H,4-5,7-8,10-11,13H2,1H3,(H,27,34)(H,28,31,32). The molecular formula is C24H26N6O4. The number of carbonyl (C=O) groups excluding carboxylic acids is 4. The van der Waals surface area contributed by atoms with E-state index in [1.54, 1.807) is 29.3 Å². The van der Waals surface area contributed by atoms with Crippen LogP contribution in [0.3, 0.4) is 0 Å². The summed E-state index contributed by atoms with van der Waals surface area (Å²) in [7, 11) is 0. The summed E-state index contributed by atoms with van der Waals surface area (Å²) in [6.45, 7) is 3.44. The molecule has 3 aliphatic heterocycles. The molecule has 0 bridgehead atoms. The van der Waals surface area contributed by atoms with Crippen LogP contribution in [0.1, 0.15) is 59.0 Å². The van der Waals surface area contributed by atoms with Gasteiger partial charge in [0.05, 0.1) is 0 Å². The van der Waals surface area contributed by atoms with Crippen LogP contribution >= 0.6 is 0 Å². The van der Waals surface area contributed by atoms with Gasteiger partial charge in [-0.05, 0) is 56.0 Å². The van der Waals surface area contributed by atoms with E-state index in [9.17, 15) is 19.2 Å². The lowest BCUT2D eigenvalue weighted by Gasteiger charge is -2.31. The topological polar surface area (TPSA) is 125 Å². The van der Waals surface area contributed by atoms with Crippen molar-refractivity contribution in [3.63, 3.8) is 0 Å². The molecule has 2 aromatic rings. The van der Waals surface area contributed by atoms with Crippen LogP contribution in [0.25, 0.3) is 0 Å². The molecule has 2 N–H and O–H groups in total. The highest BCUT2D eigenvalue weighted by Gasteiger charge is 2.39. The lowest BCUT2D eigenvalue weighted by Crippen LogP contribution is -2.52. The Hall–Kier alpha value is -3.82. The second-order valence-electron chi connectivity index (χ2n) is 9.02. The molecule has 3 aliphatic rings. The summed E-state index contributed by atoms with van der Waals surface area (Å²) in [6, 6.07) is 6.20. The second-order valence-corrected chi connectivity index (χ2v) is 9.02. The third-order valence-corrected chi connectivity index (χ3v) is 6.74. The Morgan fingerprint density at radius 3 is 2.65 bits per heavy atom. The predicted molar refractivity (Wildman–Crippen MR) is 122 cm³/mol. The van der Waals surface area contributed by atoms with Crippen molar-refractivity contribution < 1.29 is 19.2 Å². The van der Waals surface area contributed by atoms with E-state index in [2.05, 4.69) is 20.6 Å². The van der Waals surface area contributed by atoms with Crippen molar-refractivity contribution >= 4 is 29.4 Å². The first kappa shape index (κ1) is 22.0. The number of piperidine rings is 2. The molecule has 5 amide bonds. The molecule has 1 atom stereocenters. The van der Waals surface area contributed by atoms with Gasteiger partial charge in [0.2, 0.25) is 11.8 Å². The molecule has 1 unspecified atom stereocenters. The van der Waals surface area contributed by atoms with Gasteiger partial charge < -0.3 is 15.1 Å². The Balaban J connectivity index is 1.20. The molecule has 0 saturated carbocycles. The number of hydrogen-bond donors (Lipinski definition) is 2. The van der Waals surface area contributed by atoms with Crippen molar-refractivity contribution in [1.29, 1.82) is 0 Å². The third kappa shape index (κ3) is 4.23. The van der Waals surface area contributed by atoms with E-state index in [-0.39, 0.29) is 36.7 Å². The predicted octanol–water partition coefficient (Wildman–Crippen LogP) is 1.96. The largest absolute Gasteiger partial charge is 0.324 e. The summed E-state index contributed by atoms with van der Waals surface area (Å²) in [4.78, 5) is 61.5. The van der Waals surface area contributed by atoms with Gasteiger partial charge in [-0.2, -0.15) is 0 Å². The van der Waals surface area contributed by atoms with Gasteiger partial charge in [-0.1, -0.05) is 0 Å². The number of likely N-dealkylation sites (tertiary alicyclic amines) is 1. The molecule has 10 heteroatoms. The minimum Gasteiger partial charge on any atom is -0.324 e. The van der Waals surface area contributed by atoms with E-state index in [1.165, 1.54) is 4.90 Å². The summed E-state index contributed by atoms with van der Waals surface area (Å²) in [5.74, 6) is 0.0937. The average Bonchev–Trinajstić information content (AvgIpc) is 3.14. The van der Waals surface area contributed by atoms with Crippen LogP contribution in [-0.2, 0) is 16.1 Å². The molecule has 176 valence electrons. The quantitative estimate of drug-likeness (QED) is 0.672. The summed E-state index contributed by atoms with van der Waals surface area (Å²) in [6.07, 6.45) is 3.91. The van der Waals surface area contributed by atoms with Crippen LogP contribution in [0.15, 0.2) is 30.5 Å². The first-order valence-corrected chi connectivity index (χ1v) is 11.5. The number of anilines is 1. The second kappa shape index (κ2) is 8.85. The molecule has 0 spiro atoms. The molecule has 2 fully saturated rings. The number of aromatic nitrogens is 2. The zero-order valence-electron chi connectivity index (χ0n) is 18.9. The molecule has 0 aliphatic carbocycles. The van der Waals surface area contributed by atoms with Crippen LogP contribution in [0, 0.1) is 6.92 Å². The van der Waals surface area contributed by atoms with Crippen LogP contribution in [0.2, 0.25) is 0 Å². The van der Waals surface area contributed by atoms with Crippen LogP contribution < -0.4 is 10.6 Å². The first-order valence-electron chi connectivity index (χ1n) is 11.5. The first-order chi connectivity index (χ1) is 16.4. The normalized spacial score (nSPS) is 20.9. The number of nitrogens with one attached hydrogen (secondary N) is 2. The van der Waals surface area contributed by atoms with Gasteiger partial charge in [-0.3, -0.25) is 19.7 Å². The Morgan fingerprint density at radius 1 is 1.12 bits per heavy atom. The number of nitrogens with zero attached hydrogens (tertiary/aromatic N) is 4. The molecule has 4 heterocycles. The van der Waals surface area contributed by atoms with Crippen LogP contribution in [0.4, 0.5) is 10.5 Å². The van der Waals surface area contributed by atoms with Crippen molar-refractivity contribution in [2.24, 2.45) is 0 Å². The number of aryl methyl sites for hydroxylation is 1. The van der Waals surface area contributed by atoms with Crippen LogP contribution in [0.5, 0.6) is 0 Å². The smallest absolute Gasteiger partial charge is 0.321 e. The number of urea groups is 1. The Kier molecular flexibility index (Phi) is 5.72. The molecule has 5 rings (SSSR count). The number of carbonyl (C=O) groups is 4. The fraction of sp³-hybridized carbons (Fsp3) is 0.417. The van der Waals surface area contributed by atoms with Crippen molar-refractivity contribution in [2.45, 2.75) is 51.1 Å². The molecule has 10 nitrogen and oxygen atoms in total. The van der Waals surface area contributed by atoms with Gasteiger partial charge >= 0.3 is 6.03 Å². The zero-order valence-corrected chi connectivity index (χ0v) is 18.9. The number of hydrogen-bond acceptors (Lipinski definition) is 6. The lowest BCUT2D eigenvalue weighted by molar-refractivity contribution is -0.136. The van der Waals surface area contributed by atoms with Crippen LogP contribution in [-0.4, -0.2) is 62.7 Å². The highest BCUT2D eigenvalue weighted by atomic mass is 16.2. The van der Waals surface area contributed by atoms with Crippen molar-refractivity contribution in [2.75, 3.05) is 18.4 Å². The number of benzene rings is 1. The summed E-state index contributed by atoms with van der Waals surface area (Å²) < 4.78 is 0. The van der Waals surface area contributed by atoms with Crippen molar-refractivity contribution in [3.8, 4) is 0 Å². The summed E-state index contributed by atoms with van der Waals surface area (Å²) in [5, 5.41) is 5.23. The Labute approximate surface area is 196 Å². The Bertz CT molecular complexity index is 1170. The minimum absolute atomic E-state index is 0.185. The average molecular weight is 463 g/mol. The molecule has 34 heavy (non-hydrogen) atoms. The fourth-order valence-electron chi connectivity index (χ4n) is 4.86. The molecule has 2 saturated heterocycles. The van der Waals surface area contributed by atoms with Crippen molar-refractivity contribution in [1.82, 2.24) is 25.1 Å². The van der Waals surface area contributed by atoms with Gasteiger partial charge in [-0.25, -0.2) is 14.8 Å². The van der Waals surface area contributed by atoms with E-state index in [0.29, 0.717) is 30.8 Å². The maximum absolute atomic E-state index is 12.8. The van der Waals surface area contributed by atoms with Gasteiger partial charge in [0.1, 0.15) is 11.9 Å². The maximum atomic E-state index is 12.8. The number of imide groups is 1. The highest BCUT2D eigenvalue weighted by Crippen LogP contribution is 2.30. The third-order valence-electron chi connectivity index (χ3n) is 6.74. The van der Waals surface area contributed by atoms with Gasteiger partial charge in [0.15, 0.2) is 0 Å². The minimum atomic E-state index is -0.658. The molecule has 1 aromatic heterocycles. The van der Waals surface area contributed by atoms with E-state index in [0.717, 1.165) is 29.9 Å². The highest BCUT2D eigenvalue weighted by molar-refractivity contribution is 6.05. The monoisotopic (exact) mass is 462 g/mol. The summed E-state index contributed by atoms with van der Waals surface area (Å²) in [5.41, 5.74) is 2.81. The molecular weight excluding hydrogens is 436 g/mol. The SMILES string of the molecule is Cc1ccnc(C2CCN(C(=O)Nc3ccc4c(c3)CN(C3CCC(=O)NC3=O)C4=O)CC2)n1. The summed E-state index contributed by atoms with van der Waals surface area (Å²) >= 11 is 0. The fourth-order valence-corrected chi connectivity index (χ4v) is 4.86. The van der Waals surface area contributed by atoms with Crippen molar-refractivity contribution in [3.05, 3.63) is 53.1 Å². The maximum Gasteiger partial charge on any atom is 0.321 e. The number of amides is 5. The van der Waals surface area contributed by atoms with E-state index in [4.69, 9.17) is 0 Å². The molecule has 1 aromatic carbocycles. The van der Waals surface area contributed by atoms with E-state index < -0.39 is 11.9 Å². The Morgan fingerprint density at radius 2 is 1.91 bits per heavy atom. The van der Waals surface area contributed by atoms with E-state index in [1.807, 2.05) is 13.0 Å². The molecule has 0 radical (unpaired) electrons. The lowest BCUT2D eigenvalue weighted by atomic mass is 9.96. The zero-order chi connectivity index (χ0) is 23.8.